The minimum Gasteiger partial charge on any atom is -0.490 e. The number of hydrogen-bond donors (Lipinski definition) is 4. The van der Waals surface area contributed by atoms with Gasteiger partial charge in [-0.2, -0.15) is 0 Å². The van der Waals surface area contributed by atoms with Crippen molar-refractivity contribution in [1.82, 2.24) is 15.0 Å². The second-order valence-electron chi connectivity index (χ2n) is 12.6. The van der Waals surface area contributed by atoms with Gasteiger partial charge < -0.3 is 44.9 Å². The Morgan fingerprint density at radius 3 is 2.47 bits per heavy atom. The van der Waals surface area contributed by atoms with Crippen molar-refractivity contribution < 1.29 is 37.9 Å². The summed E-state index contributed by atoms with van der Waals surface area (Å²) in [4.78, 5) is 43.3. The van der Waals surface area contributed by atoms with Crippen LogP contribution >= 0.6 is 0 Å². The second-order valence-corrected chi connectivity index (χ2v) is 12.6. The minimum absolute atomic E-state index is 0.192. The van der Waals surface area contributed by atoms with Gasteiger partial charge in [-0.05, 0) is 89.4 Å². The number of carbonyl (C=O) groups excluding carboxylic acids is 3. The van der Waals surface area contributed by atoms with Gasteiger partial charge in [0.2, 0.25) is 0 Å². The number of amides is 5. The molecular weight excluding hydrogens is 635 g/mol. The van der Waals surface area contributed by atoms with E-state index in [9.17, 15) is 23.9 Å². The Bertz CT molecular complexity index is 1560. The van der Waals surface area contributed by atoms with Gasteiger partial charge in [0.25, 0.3) is 5.91 Å². The second kappa shape index (κ2) is 17.1. The number of rotatable bonds is 7. The summed E-state index contributed by atoms with van der Waals surface area (Å²) in [5, 5.41) is 22.3. The lowest BCUT2D eigenvalue weighted by Crippen LogP contribution is -2.48. The molecule has 1 aliphatic heterocycles. The number of aromatic nitrogens is 1. The Hall–Kier alpha value is -4.69. The van der Waals surface area contributed by atoms with Crippen molar-refractivity contribution in [2.45, 2.75) is 72.1 Å². The first-order valence-electron chi connectivity index (χ1n) is 16.5. The Labute approximate surface area is 286 Å². The molecule has 0 saturated carbocycles. The van der Waals surface area contributed by atoms with E-state index < -0.39 is 35.9 Å². The third-order valence-corrected chi connectivity index (χ3v) is 8.48. The zero-order chi connectivity index (χ0) is 35.7. The van der Waals surface area contributed by atoms with Crippen LogP contribution in [0.5, 0.6) is 5.75 Å². The fraction of sp³-hybridized carbons (Fsp3) is 0.486. The monoisotopic (exact) mass is 682 g/mol. The first-order valence-corrected chi connectivity index (χ1v) is 16.5. The number of carbonyl (C=O) groups is 3. The number of aliphatic hydroxyl groups is 1. The summed E-state index contributed by atoms with van der Waals surface area (Å²) < 4.78 is 31.1. The summed E-state index contributed by atoms with van der Waals surface area (Å²) in [6.45, 7) is 9.56. The van der Waals surface area contributed by atoms with Gasteiger partial charge in [-0.3, -0.25) is 4.79 Å². The molecule has 49 heavy (non-hydrogen) atoms. The van der Waals surface area contributed by atoms with Crippen molar-refractivity contribution in [3.8, 4) is 5.75 Å². The smallest absolute Gasteiger partial charge is 0.323 e. The van der Waals surface area contributed by atoms with E-state index in [-0.39, 0.29) is 37.3 Å². The largest absolute Gasteiger partial charge is 0.490 e. The van der Waals surface area contributed by atoms with Crippen molar-refractivity contribution in [3.05, 3.63) is 65.3 Å². The van der Waals surface area contributed by atoms with Gasteiger partial charge in [0, 0.05) is 44.0 Å². The standard InChI is InChI=1S/C35H47FN6O7/c1-21-18-42(22(2)20-43)33(44)29-17-28(37-34(45)39-32-24(4)40-49-25(32)5)14-15-30(29)48-23(3)9-7-8-16-47-31(21)19-41(6)35(46)38-27-12-10-26(36)11-13-27/h10-15,17,21-23,31,43H,7-9,16,18-20H2,1-6H3,(H,38,46)(H2,37,39,45)/t21-,22+,23-,31-/m1/s1. The molecule has 13 nitrogen and oxygen atoms in total. The van der Waals surface area contributed by atoms with E-state index in [0.29, 0.717) is 47.3 Å². The van der Waals surface area contributed by atoms with Gasteiger partial charge in [0.15, 0.2) is 5.76 Å². The Morgan fingerprint density at radius 2 is 1.80 bits per heavy atom. The lowest BCUT2D eigenvalue weighted by atomic mass is 10.0. The van der Waals surface area contributed by atoms with Crippen molar-refractivity contribution in [2.75, 3.05) is 49.3 Å². The SMILES string of the molecule is Cc1noc(C)c1NC(=O)Nc1ccc2c(c1)C(=O)N([C@@H](C)CO)C[C@@H](C)[C@@H](CN(C)C(=O)Nc1ccc(F)cc1)OCCCC[C@@H](C)O2. The molecule has 0 saturated heterocycles. The van der Waals surface area contributed by atoms with Crippen LogP contribution in [0.15, 0.2) is 47.0 Å². The number of ether oxygens (including phenoxy) is 2. The highest BCUT2D eigenvalue weighted by molar-refractivity contribution is 6.03. The van der Waals surface area contributed by atoms with E-state index in [4.69, 9.17) is 14.0 Å². The summed E-state index contributed by atoms with van der Waals surface area (Å²) in [5.74, 6) is -0.256. The molecular formula is C35H47FN6O7. The highest BCUT2D eigenvalue weighted by Gasteiger charge is 2.31. The number of hydrogen-bond acceptors (Lipinski definition) is 8. The zero-order valence-corrected chi connectivity index (χ0v) is 28.9. The molecule has 14 heteroatoms. The number of halogens is 1. The van der Waals surface area contributed by atoms with Gasteiger partial charge in [-0.1, -0.05) is 12.1 Å². The van der Waals surface area contributed by atoms with Crippen LogP contribution in [0.4, 0.5) is 31.0 Å². The zero-order valence-electron chi connectivity index (χ0n) is 28.9. The topological polar surface area (TPSA) is 158 Å². The number of nitrogens with one attached hydrogen (secondary N) is 3. The van der Waals surface area contributed by atoms with E-state index in [1.165, 1.54) is 29.2 Å². The lowest BCUT2D eigenvalue weighted by molar-refractivity contribution is -0.0115. The molecule has 4 atom stereocenters. The van der Waals surface area contributed by atoms with Crippen LogP contribution in [0.25, 0.3) is 0 Å². The van der Waals surface area contributed by atoms with E-state index in [2.05, 4.69) is 21.1 Å². The van der Waals surface area contributed by atoms with Crippen molar-refractivity contribution in [3.63, 3.8) is 0 Å². The summed E-state index contributed by atoms with van der Waals surface area (Å²) in [5.41, 5.74) is 2.01. The summed E-state index contributed by atoms with van der Waals surface area (Å²) in [7, 11) is 1.64. The number of aryl methyl sites for hydroxylation is 2. The molecule has 3 aromatic rings. The number of benzene rings is 2. The molecule has 4 rings (SSSR count). The number of nitrogens with zero attached hydrogens (tertiary/aromatic N) is 3. The molecule has 0 aliphatic carbocycles. The third-order valence-electron chi connectivity index (χ3n) is 8.48. The highest BCUT2D eigenvalue weighted by atomic mass is 19.1. The summed E-state index contributed by atoms with van der Waals surface area (Å²) >= 11 is 0. The maximum absolute atomic E-state index is 14.4. The molecule has 5 amide bonds. The molecule has 2 heterocycles. The molecule has 0 unspecified atom stereocenters. The van der Waals surface area contributed by atoms with Crippen LogP contribution in [0.3, 0.4) is 0 Å². The molecule has 266 valence electrons. The molecule has 0 fully saturated rings. The van der Waals surface area contributed by atoms with E-state index in [1.54, 1.807) is 50.9 Å². The van der Waals surface area contributed by atoms with E-state index in [0.717, 1.165) is 12.8 Å². The van der Waals surface area contributed by atoms with Crippen molar-refractivity contribution in [2.24, 2.45) is 5.92 Å². The van der Waals surface area contributed by atoms with Crippen LogP contribution < -0.4 is 20.7 Å². The summed E-state index contributed by atoms with van der Waals surface area (Å²) in [6, 6.07) is 8.87. The average Bonchev–Trinajstić information content (AvgIpc) is 3.38. The first-order chi connectivity index (χ1) is 23.4. The summed E-state index contributed by atoms with van der Waals surface area (Å²) in [6.07, 6.45) is 1.59. The maximum atomic E-state index is 14.4. The number of fused-ring (bicyclic) bond motifs is 1. The normalized spacial score (nSPS) is 19.6. The van der Waals surface area contributed by atoms with Crippen LogP contribution in [-0.2, 0) is 4.74 Å². The van der Waals surface area contributed by atoms with Gasteiger partial charge in [0.05, 0.1) is 30.4 Å². The minimum atomic E-state index is -0.576. The fourth-order valence-corrected chi connectivity index (χ4v) is 5.51. The quantitative estimate of drug-likeness (QED) is 0.235. The molecule has 0 bridgehead atoms. The van der Waals surface area contributed by atoms with Crippen LogP contribution in [-0.4, -0.2) is 89.6 Å². The lowest BCUT2D eigenvalue weighted by Gasteiger charge is -2.35. The molecule has 0 spiro atoms. The highest BCUT2D eigenvalue weighted by Crippen LogP contribution is 2.29. The van der Waals surface area contributed by atoms with Crippen molar-refractivity contribution in [1.29, 1.82) is 0 Å². The molecule has 1 aliphatic rings. The fourth-order valence-electron chi connectivity index (χ4n) is 5.51. The van der Waals surface area contributed by atoms with E-state index >= 15 is 0 Å². The predicted molar refractivity (Wildman–Crippen MR) is 184 cm³/mol. The number of anilines is 3. The van der Waals surface area contributed by atoms with Crippen LogP contribution in [0.2, 0.25) is 0 Å². The van der Waals surface area contributed by atoms with Gasteiger partial charge in [0.1, 0.15) is 22.9 Å². The third kappa shape index (κ3) is 10.2. The molecule has 4 N–H and O–H groups in total. The predicted octanol–water partition coefficient (Wildman–Crippen LogP) is 6.03. The van der Waals surface area contributed by atoms with Crippen LogP contribution in [0.1, 0.15) is 61.8 Å². The number of likely N-dealkylation sites (N-methyl/N-ethyl adjacent to an activating group) is 1. The van der Waals surface area contributed by atoms with Gasteiger partial charge in [-0.25, -0.2) is 14.0 Å². The van der Waals surface area contributed by atoms with Gasteiger partial charge >= 0.3 is 12.1 Å². The van der Waals surface area contributed by atoms with Gasteiger partial charge in [-0.15, -0.1) is 0 Å². The Balaban J connectivity index is 1.58. The molecule has 0 radical (unpaired) electrons. The average molecular weight is 683 g/mol. The van der Waals surface area contributed by atoms with Crippen molar-refractivity contribution >= 4 is 35.0 Å². The number of urea groups is 2. The first kappa shape index (κ1) is 37.1. The molecule has 1 aromatic heterocycles. The maximum Gasteiger partial charge on any atom is 0.323 e. The van der Waals surface area contributed by atoms with Crippen LogP contribution in [0, 0.1) is 25.6 Å². The Kier molecular flexibility index (Phi) is 13.0. The molecule has 2 aromatic carbocycles. The van der Waals surface area contributed by atoms with E-state index in [1.807, 2.05) is 13.8 Å². The number of aliphatic hydroxyl groups excluding tert-OH is 1. The Morgan fingerprint density at radius 1 is 1.08 bits per heavy atom.